The predicted molar refractivity (Wildman–Crippen MR) is 88.3 cm³/mol. The minimum absolute atomic E-state index is 0.261. The molecule has 0 radical (unpaired) electrons. The van der Waals surface area contributed by atoms with E-state index < -0.39 is 46.5 Å². The highest BCUT2D eigenvalue weighted by Crippen LogP contribution is 2.28. The lowest BCUT2D eigenvalue weighted by Crippen LogP contribution is -2.12. The first kappa shape index (κ1) is 18.5. The number of ether oxygens (including phenoxy) is 1. The van der Waals surface area contributed by atoms with Gasteiger partial charge >= 0.3 is 5.97 Å². The first-order valence-corrected chi connectivity index (χ1v) is 7.79. The maximum Gasteiger partial charge on any atom is 0.346 e. The zero-order valence-corrected chi connectivity index (χ0v) is 13.9. The predicted octanol–water partition coefficient (Wildman–Crippen LogP) is 4.81. The second kappa shape index (κ2) is 7.53. The summed E-state index contributed by atoms with van der Waals surface area (Å²) >= 11 is 0. The van der Waals surface area contributed by atoms with Crippen LogP contribution in [0, 0.1) is 17.5 Å². The quantitative estimate of drug-likeness (QED) is 0.373. The molecule has 0 saturated carbocycles. The largest absolute Gasteiger partial charge is 0.423 e. The number of benzene rings is 2. The first-order valence-electron chi connectivity index (χ1n) is 7.79. The van der Waals surface area contributed by atoms with Crippen LogP contribution in [-0.4, -0.2) is 15.9 Å². The molecule has 0 aliphatic heterocycles. The third-order valence-electron chi connectivity index (χ3n) is 3.67. The number of hydrogen-bond acceptors (Lipinski definition) is 4. The van der Waals surface area contributed by atoms with Crippen LogP contribution in [0.2, 0.25) is 0 Å². The molecule has 0 bridgehead atoms. The zero-order valence-electron chi connectivity index (χ0n) is 13.9. The van der Waals surface area contributed by atoms with Crippen molar-refractivity contribution in [1.29, 1.82) is 0 Å². The van der Waals surface area contributed by atoms with Crippen LogP contribution >= 0.6 is 0 Å². The Balaban J connectivity index is 1.85. The van der Waals surface area contributed by atoms with E-state index in [0.717, 1.165) is 19.1 Å². The van der Waals surface area contributed by atoms with Crippen molar-refractivity contribution in [2.24, 2.45) is 0 Å². The molecule has 8 heteroatoms. The summed E-state index contributed by atoms with van der Waals surface area (Å²) in [6.07, 6.45) is 1.08. The van der Waals surface area contributed by atoms with Gasteiger partial charge in [-0.05, 0) is 25.1 Å². The lowest BCUT2D eigenvalue weighted by atomic mass is 10.1. The van der Waals surface area contributed by atoms with Gasteiger partial charge in [-0.2, -0.15) is 0 Å². The smallest absolute Gasteiger partial charge is 0.346 e. The molecule has 3 aromatic rings. The molecular formula is C19H12F4N2O2. The summed E-state index contributed by atoms with van der Waals surface area (Å²) < 4.78 is 59.8. The van der Waals surface area contributed by atoms with Crippen LogP contribution < -0.4 is 4.74 Å². The summed E-state index contributed by atoms with van der Waals surface area (Å²) in [6, 6.07) is 6.52. The minimum atomic E-state index is -1.88. The molecule has 1 heterocycles. The van der Waals surface area contributed by atoms with E-state index in [1.165, 1.54) is 18.5 Å². The molecule has 27 heavy (non-hydrogen) atoms. The van der Waals surface area contributed by atoms with Crippen molar-refractivity contribution in [1.82, 2.24) is 9.97 Å². The fraction of sp³-hybridized carbons (Fsp3) is 0.105. The van der Waals surface area contributed by atoms with Crippen molar-refractivity contribution in [3.05, 3.63) is 77.4 Å². The number of rotatable bonds is 4. The van der Waals surface area contributed by atoms with Gasteiger partial charge in [-0.3, -0.25) is 0 Å². The zero-order chi connectivity index (χ0) is 19.6. The summed E-state index contributed by atoms with van der Waals surface area (Å²) in [5.74, 6) is -4.73. The Kier molecular flexibility index (Phi) is 5.16. The number of alkyl halides is 1. The van der Waals surface area contributed by atoms with E-state index in [2.05, 4.69) is 9.97 Å². The maximum atomic E-state index is 14.3. The van der Waals surface area contributed by atoms with E-state index >= 15 is 0 Å². The van der Waals surface area contributed by atoms with Crippen molar-refractivity contribution < 1.29 is 27.1 Å². The number of carbonyl (C=O) groups excluding carboxylic acids is 1. The van der Waals surface area contributed by atoms with Crippen LogP contribution in [0.3, 0.4) is 0 Å². The van der Waals surface area contributed by atoms with E-state index in [9.17, 15) is 22.4 Å². The van der Waals surface area contributed by atoms with Crippen molar-refractivity contribution in [2.45, 2.75) is 13.1 Å². The summed E-state index contributed by atoms with van der Waals surface area (Å²) in [7, 11) is 0. The van der Waals surface area contributed by atoms with Crippen molar-refractivity contribution in [3.8, 4) is 17.1 Å². The maximum absolute atomic E-state index is 14.3. The van der Waals surface area contributed by atoms with E-state index in [4.69, 9.17) is 4.74 Å². The molecule has 4 nitrogen and oxygen atoms in total. The highest BCUT2D eigenvalue weighted by Gasteiger charge is 2.20. The lowest BCUT2D eigenvalue weighted by Gasteiger charge is -2.10. The average Bonchev–Trinajstić information content (AvgIpc) is 2.61. The molecule has 0 amide bonds. The molecule has 1 aromatic heterocycles. The van der Waals surface area contributed by atoms with Gasteiger partial charge in [0.1, 0.15) is 29.4 Å². The second-order valence-electron chi connectivity index (χ2n) is 5.57. The molecule has 0 saturated heterocycles. The van der Waals surface area contributed by atoms with Gasteiger partial charge in [0, 0.05) is 30.1 Å². The number of halogens is 4. The van der Waals surface area contributed by atoms with Crippen LogP contribution in [0.5, 0.6) is 5.75 Å². The Bertz CT molecular complexity index is 971. The van der Waals surface area contributed by atoms with Gasteiger partial charge in [-0.1, -0.05) is 6.07 Å². The molecular weight excluding hydrogens is 364 g/mol. The second-order valence-corrected chi connectivity index (χ2v) is 5.57. The Morgan fingerprint density at radius 1 is 1.00 bits per heavy atom. The van der Waals surface area contributed by atoms with E-state index in [-0.39, 0.29) is 5.82 Å². The van der Waals surface area contributed by atoms with Crippen LogP contribution in [0.4, 0.5) is 17.6 Å². The monoisotopic (exact) mass is 376 g/mol. The number of aromatic nitrogens is 2. The van der Waals surface area contributed by atoms with Crippen molar-refractivity contribution >= 4 is 5.97 Å². The summed E-state index contributed by atoms with van der Waals surface area (Å²) in [5, 5.41) is 0. The fourth-order valence-electron chi connectivity index (χ4n) is 2.43. The topological polar surface area (TPSA) is 52.1 Å². The number of esters is 1. The van der Waals surface area contributed by atoms with E-state index in [0.29, 0.717) is 17.7 Å². The molecule has 1 unspecified atom stereocenters. The molecule has 1 atom stereocenters. The number of carbonyl (C=O) groups is 1. The SMILES string of the molecule is CC(F)c1c(F)cc(OC(=O)c2ccc(-c3ncccn3)cc2F)cc1F. The molecule has 0 aliphatic rings. The lowest BCUT2D eigenvalue weighted by molar-refractivity contribution is 0.0729. The van der Waals surface area contributed by atoms with E-state index in [1.54, 1.807) is 6.07 Å². The average molecular weight is 376 g/mol. The van der Waals surface area contributed by atoms with Crippen LogP contribution in [-0.2, 0) is 0 Å². The van der Waals surface area contributed by atoms with Crippen molar-refractivity contribution in [2.75, 3.05) is 0 Å². The van der Waals surface area contributed by atoms with Gasteiger partial charge in [-0.25, -0.2) is 32.3 Å². The third-order valence-corrected chi connectivity index (χ3v) is 3.67. The number of hydrogen-bond donors (Lipinski definition) is 0. The van der Waals surface area contributed by atoms with Gasteiger partial charge in [0.2, 0.25) is 0 Å². The highest BCUT2D eigenvalue weighted by atomic mass is 19.2. The standard InChI is InChI=1S/C19H12F4N2O2/c1-10(20)17-15(22)8-12(9-16(17)23)27-19(26)13-4-3-11(7-14(13)21)18-24-5-2-6-25-18/h2-10H,1H3. The molecule has 138 valence electrons. The van der Waals surface area contributed by atoms with Gasteiger partial charge in [0.05, 0.1) is 11.1 Å². The molecule has 0 spiro atoms. The number of nitrogens with zero attached hydrogens (tertiary/aromatic N) is 2. The van der Waals surface area contributed by atoms with Crippen molar-refractivity contribution in [3.63, 3.8) is 0 Å². The fourth-order valence-corrected chi connectivity index (χ4v) is 2.43. The van der Waals surface area contributed by atoms with E-state index in [1.807, 2.05) is 0 Å². The van der Waals surface area contributed by atoms with Gasteiger partial charge in [0.15, 0.2) is 5.82 Å². The summed E-state index contributed by atoms with van der Waals surface area (Å²) in [4.78, 5) is 20.0. The first-order chi connectivity index (χ1) is 12.9. The highest BCUT2D eigenvalue weighted by molar-refractivity contribution is 5.91. The Morgan fingerprint density at radius 2 is 1.63 bits per heavy atom. The Hall–Kier alpha value is -3.29. The van der Waals surface area contributed by atoms with Crippen LogP contribution in [0.1, 0.15) is 29.0 Å². The molecule has 2 aromatic carbocycles. The van der Waals surface area contributed by atoms with Crippen LogP contribution in [0.15, 0.2) is 48.8 Å². The Labute approximate surface area is 151 Å². The van der Waals surface area contributed by atoms with Crippen LogP contribution in [0.25, 0.3) is 11.4 Å². The van der Waals surface area contributed by atoms with Gasteiger partial charge in [0.25, 0.3) is 0 Å². The minimum Gasteiger partial charge on any atom is -0.423 e. The molecule has 0 fully saturated rings. The summed E-state index contributed by atoms with van der Waals surface area (Å²) in [5.41, 5.74) is -0.880. The normalized spacial score (nSPS) is 11.9. The van der Waals surface area contributed by atoms with Gasteiger partial charge < -0.3 is 4.74 Å². The molecule has 0 aliphatic carbocycles. The molecule has 0 N–H and O–H groups in total. The third kappa shape index (κ3) is 3.94. The summed E-state index contributed by atoms with van der Waals surface area (Å²) in [6.45, 7) is 0.973. The van der Waals surface area contributed by atoms with Gasteiger partial charge in [-0.15, -0.1) is 0 Å². The Morgan fingerprint density at radius 3 is 2.19 bits per heavy atom. The molecule has 3 rings (SSSR count).